The summed E-state index contributed by atoms with van der Waals surface area (Å²) in [6.45, 7) is 2.66. The molecule has 1 aliphatic rings. The number of rotatable bonds is 6. The van der Waals surface area contributed by atoms with Crippen molar-refractivity contribution in [2.75, 3.05) is 26.9 Å². The van der Waals surface area contributed by atoms with Crippen molar-refractivity contribution in [3.05, 3.63) is 35.4 Å². The third-order valence-electron chi connectivity index (χ3n) is 3.59. The van der Waals surface area contributed by atoms with Gasteiger partial charge in [0, 0.05) is 13.7 Å². The topological polar surface area (TPSA) is 42.1 Å². The van der Waals surface area contributed by atoms with Gasteiger partial charge >= 0.3 is 6.18 Å². The number of benzene rings is 1. The van der Waals surface area contributed by atoms with Crippen LogP contribution in [0.1, 0.15) is 24.1 Å². The second-order valence-corrected chi connectivity index (χ2v) is 5.15. The first-order chi connectivity index (χ1) is 10.3. The molecule has 0 bridgehead atoms. The van der Waals surface area contributed by atoms with E-state index in [4.69, 9.17) is 9.47 Å². The van der Waals surface area contributed by atoms with E-state index in [9.17, 15) is 18.0 Å². The lowest BCUT2D eigenvalue weighted by Gasteiger charge is -2.29. The van der Waals surface area contributed by atoms with Gasteiger partial charge in [-0.25, -0.2) is 0 Å². The molecule has 122 valence electrons. The van der Waals surface area contributed by atoms with Crippen molar-refractivity contribution in [3.8, 4) is 0 Å². The van der Waals surface area contributed by atoms with Gasteiger partial charge in [0.25, 0.3) is 5.91 Å². The molecule has 2 atom stereocenters. The molecule has 7 heteroatoms. The molecule has 1 saturated heterocycles. The molecular formula is C15H18F3NO3. The van der Waals surface area contributed by atoms with Crippen molar-refractivity contribution in [2.24, 2.45) is 0 Å². The number of hydrogen-bond donors (Lipinski definition) is 0. The smallest absolute Gasteiger partial charge is 0.383 e. The van der Waals surface area contributed by atoms with Crippen LogP contribution in [0.3, 0.4) is 0 Å². The lowest BCUT2D eigenvalue weighted by atomic mass is 10.0. The molecule has 1 aromatic rings. The fourth-order valence-corrected chi connectivity index (χ4v) is 2.21. The minimum Gasteiger partial charge on any atom is -0.383 e. The standard InChI is InChI=1S/C15H18F3NO3/c1-10(11-4-3-5-12(8-11)15(16,17)18)19(6-7-21-2)14(20)13-9-22-13/h3-5,8,10,13H,6-7,9H2,1-2H3. The molecule has 22 heavy (non-hydrogen) atoms. The van der Waals surface area contributed by atoms with Crippen molar-refractivity contribution in [3.63, 3.8) is 0 Å². The van der Waals surface area contributed by atoms with Crippen molar-refractivity contribution < 1.29 is 27.4 Å². The molecule has 1 fully saturated rings. The van der Waals surface area contributed by atoms with Crippen molar-refractivity contribution in [1.29, 1.82) is 0 Å². The number of epoxide rings is 1. The number of ether oxygens (including phenoxy) is 2. The van der Waals surface area contributed by atoms with Gasteiger partial charge in [-0.2, -0.15) is 13.2 Å². The first kappa shape index (κ1) is 16.8. The maximum atomic E-state index is 12.8. The number of carbonyl (C=O) groups excluding carboxylic acids is 1. The number of nitrogens with zero attached hydrogens (tertiary/aromatic N) is 1. The maximum absolute atomic E-state index is 12.8. The molecule has 2 unspecified atom stereocenters. The highest BCUT2D eigenvalue weighted by molar-refractivity contribution is 5.83. The van der Waals surface area contributed by atoms with Gasteiger partial charge < -0.3 is 14.4 Å². The van der Waals surface area contributed by atoms with Crippen LogP contribution >= 0.6 is 0 Å². The molecule has 1 amide bonds. The zero-order valence-electron chi connectivity index (χ0n) is 12.4. The molecule has 2 rings (SSSR count). The number of methoxy groups -OCH3 is 1. The van der Waals surface area contributed by atoms with E-state index >= 15 is 0 Å². The third-order valence-corrected chi connectivity index (χ3v) is 3.59. The summed E-state index contributed by atoms with van der Waals surface area (Å²) in [5.74, 6) is -0.220. The molecule has 0 aromatic heterocycles. The van der Waals surface area contributed by atoms with Crippen LogP contribution in [-0.2, 0) is 20.4 Å². The van der Waals surface area contributed by atoms with Gasteiger partial charge in [0.1, 0.15) is 0 Å². The lowest BCUT2D eigenvalue weighted by Crippen LogP contribution is -2.39. The van der Waals surface area contributed by atoms with E-state index < -0.39 is 23.9 Å². The van der Waals surface area contributed by atoms with E-state index in [1.807, 2.05) is 0 Å². The summed E-state index contributed by atoms with van der Waals surface area (Å²) >= 11 is 0. The van der Waals surface area contributed by atoms with Crippen LogP contribution in [0.5, 0.6) is 0 Å². The van der Waals surface area contributed by atoms with Crippen molar-refractivity contribution in [2.45, 2.75) is 25.2 Å². The van der Waals surface area contributed by atoms with Crippen LogP contribution < -0.4 is 0 Å². The summed E-state index contributed by atoms with van der Waals surface area (Å²) in [5, 5.41) is 0. The minimum absolute atomic E-state index is 0.220. The van der Waals surface area contributed by atoms with Crippen molar-refractivity contribution in [1.82, 2.24) is 4.90 Å². The van der Waals surface area contributed by atoms with Crippen LogP contribution in [-0.4, -0.2) is 43.8 Å². The van der Waals surface area contributed by atoms with Crippen LogP contribution in [0, 0.1) is 0 Å². The third kappa shape index (κ3) is 3.98. The second kappa shape index (κ2) is 6.66. The highest BCUT2D eigenvalue weighted by atomic mass is 19.4. The number of carbonyl (C=O) groups is 1. The van der Waals surface area contributed by atoms with Gasteiger partial charge in [-0.1, -0.05) is 12.1 Å². The Labute approximate surface area is 126 Å². The number of alkyl halides is 3. The molecule has 4 nitrogen and oxygen atoms in total. The van der Waals surface area contributed by atoms with Crippen LogP contribution in [0.15, 0.2) is 24.3 Å². The zero-order valence-corrected chi connectivity index (χ0v) is 12.4. The van der Waals surface area contributed by atoms with Gasteiger partial charge in [0.2, 0.25) is 0 Å². The first-order valence-electron chi connectivity index (χ1n) is 6.92. The molecule has 1 aliphatic heterocycles. The fraction of sp³-hybridized carbons (Fsp3) is 0.533. The van der Waals surface area contributed by atoms with Gasteiger partial charge in [-0.3, -0.25) is 4.79 Å². The molecule has 0 saturated carbocycles. The van der Waals surface area contributed by atoms with Gasteiger partial charge in [-0.05, 0) is 24.6 Å². The fourth-order valence-electron chi connectivity index (χ4n) is 2.21. The predicted octanol–water partition coefficient (Wildman–Crippen LogP) is 2.64. The Hall–Kier alpha value is -1.60. The summed E-state index contributed by atoms with van der Waals surface area (Å²) in [6, 6.07) is 4.53. The quantitative estimate of drug-likeness (QED) is 0.758. The number of amides is 1. The van der Waals surface area contributed by atoms with Crippen molar-refractivity contribution >= 4 is 5.91 Å². The largest absolute Gasteiger partial charge is 0.416 e. The van der Waals surface area contributed by atoms with Crippen LogP contribution in [0.2, 0.25) is 0 Å². The summed E-state index contributed by atoms with van der Waals surface area (Å²) in [7, 11) is 1.51. The Bertz CT molecular complexity index is 529. The Morgan fingerprint density at radius 2 is 2.18 bits per heavy atom. The molecule has 0 aliphatic carbocycles. The van der Waals surface area contributed by atoms with E-state index in [0.29, 0.717) is 25.3 Å². The lowest BCUT2D eigenvalue weighted by molar-refractivity contribution is -0.137. The Kier molecular flexibility index (Phi) is 5.08. The normalized spacial score (nSPS) is 18.9. The maximum Gasteiger partial charge on any atom is 0.416 e. The first-order valence-corrected chi connectivity index (χ1v) is 6.92. The van der Waals surface area contributed by atoms with Gasteiger partial charge in [0.15, 0.2) is 6.10 Å². The molecule has 0 N–H and O–H groups in total. The average molecular weight is 317 g/mol. The molecule has 0 radical (unpaired) electrons. The molecule has 1 aromatic carbocycles. The monoisotopic (exact) mass is 317 g/mol. The van der Waals surface area contributed by atoms with E-state index in [0.717, 1.165) is 12.1 Å². The van der Waals surface area contributed by atoms with E-state index in [1.54, 1.807) is 13.0 Å². The van der Waals surface area contributed by atoms with Gasteiger partial charge in [-0.15, -0.1) is 0 Å². The molecular weight excluding hydrogens is 299 g/mol. The summed E-state index contributed by atoms with van der Waals surface area (Å²) < 4.78 is 48.4. The summed E-state index contributed by atoms with van der Waals surface area (Å²) in [6.07, 6.45) is -4.89. The van der Waals surface area contributed by atoms with Crippen LogP contribution in [0.25, 0.3) is 0 Å². The summed E-state index contributed by atoms with van der Waals surface area (Å²) in [4.78, 5) is 13.7. The second-order valence-electron chi connectivity index (χ2n) is 5.15. The Morgan fingerprint density at radius 3 is 2.73 bits per heavy atom. The van der Waals surface area contributed by atoms with E-state index in [2.05, 4.69) is 0 Å². The SMILES string of the molecule is COCCN(C(=O)C1CO1)C(C)c1cccc(C(F)(F)F)c1. The molecule has 0 spiro atoms. The zero-order chi connectivity index (χ0) is 16.3. The number of hydrogen-bond acceptors (Lipinski definition) is 3. The van der Waals surface area contributed by atoms with Gasteiger partial charge in [0.05, 0.1) is 24.8 Å². The van der Waals surface area contributed by atoms with E-state index in [-0.39, 0.29) is 5.91 Å². The van der Waals surface area contributed by atoms with Crippen LogP contribution in [0.4, 0.5) is 13.2 Å². The Balaban J connectivity index is 2.21. The number of halogens is 3. The highest BCUT2D eigenvalue weighted by Gasteiger charge is 2.37. The van der Waals surface area contributed by atoms with E-state index in [1.165, 1.54) is 18.1 Å². The predicted molar refractivity (Wildman–Crippen MR) is 73.2 cm³/mol. The highest BCUT2D eigenvalue weighted by Crippen LogP contribution is 2.32. The average Bonchev–Trinajstić information content (AvgIpc) is 3.31. The molecule has 1 heterocycles. The Morgan fingerprint density at radius 1 is 1.50 bits per heavy atom. The minimum atomic E-state index is -4.41. The summed E-state index contributed by atoms with van der Waals surface area (Å²) in [5.41, 5.74) is -0.293.